The summed E-state index contributed by atoms with van der Waals surface area (Å²) in [6.45, 7) is 5.25. The number of rotatable bonds is 4. The fourth-order valence-corrected chi connectivity index (χ4v) is 3.71. The summed E-state index contributed by atoms with van der Waals surface area (Å²) in [5, 5.41) is 7.02. The summed E-state index contributed by atoms with van der Waals surface area (Å²) in [6, 6.07) is 1.93. The molecule has 1 spiro atoms. The van der Waals surface area contributed by atoms with Crippen molar-refractivity contribution in [3.63, 3.8) is 0 Å². The van der Waals surface area contributed by atoms with Crippen LogP contribution in [0.15, 0.2) is 10.6 Å². The van der Waals surface area contributed by atoms with Crippen molar-refractivity contribution in [1.82, 2.24) is 20.3 Å². The quantitative estimate of drug-likeness (QED) is 0.907. The van der Waals surface area contributed by atoms with Crippen molar-refractivity contribution in [2.24, 2.45) is 0 Å². The molecule has 2 fully saturated rings. The van der Waals surface area contributed by atoms with Gasteiger partial charge in [-0.25, -0.2) is 4.79 Å². The predicted octanol–water partition coefficient (Wildman–Crippen LogP) is 1.77. The van der Waals surface area contributed by atoms with Gasteiger partial charge in [-0.15, -0.1) is 0 Å². The Balaban J connectivity index is 1.51. The molecule has 7 heteroatoms. The number of aryl methyl sites for hydroxylation is 1. The summed E-state index contributed by atoms with van der Waals surface area (Å²) in [4.78, 5) is 15.6. The van der Waals surface area contributed by atoms with E-state index in [2.05, 4.69) is 15.4 Å². The molecule has 2 saturated heterocycles. The smallest absolute Gasteiger partial charge is 0.316 e. The number of nitrogens with one attached hydrogen (secondary N) is 1. The number of hydrogen-bond acceptors (Lipinski definition) is 5. The Morgan fingerprint density at radius 3 is 3.04 bits per heavy atom. The second-order valence-electron chi connectivity index (χ2n) is 7.29. The summed E-state index contributed by atoms with van der Waals surface area (Å²) in [6.07, 6.45) is 4.41. The number of hydrogen-bond donors (Lipinski definition) is 1. The average molecular weight is 336 g/mol. The largest absolute Gasteiger partial charge is 0.369 e. The summed E-state index contributed by atoms with van der Waals surface area (Å²) in [7, 11) is 3.50. The SMILES string of the molecule is Cc1cc(CN2CC[C@]3(CCC[C@H](CNC(=O)N(C)C)O3)C2)no1. The van der Waals surface area contributed by atoms with Gasteiger partial charge in [0.05, 0.1) is 17.4 Å². The molecule has 1 aromatic heterocycles. The molecule has 0 bridgehead atoms. The van der Waals surface area contributed by atoms with Crippen LogP contribution in [0.5, 0.6) is 0 Å². The van der Waals surface area contributed by atoms with Gasteiger partial charge in [-0.3, -0.25) is 4.90 Å². The number of carbonyl (C=O) groups is 1. The molecule has 2 atom stereocenters. The van der Waals surface area contributed by atoms with E-state index in [9.17, 15) is 4.79 Å². The molecule has 3 rings (SSSR count). The van der Waals surface area contributed by atoms with Gasteiger partial charge >= 0.3 is 6.03 Å². The van der Waals surface area contributed by atoms with Crippen LogP contribution in [0.25, 0.3) is 0 Å². The van der Waals surface area contributed by atoms with Crippen LogP contribution < -0.4 is 5.32 Å². The summed E-state index contributed by atoms with van der Waals surface area (Å²) < 4.78 is 11.6. The summed E-state index contributed by atoms with van der Waals surface area (Å²) >= 11 is 0. The number of aromatic nitrogens is 1. The fourth-order valence-electron chi connectivity index (χ4n) is 3.71. The molecule has 2 amide bonds. The standard InChI is InChI=1S/C17H28N4O3/c1-13-9-14(19-24-13)11-21-8-7-17(12-21)6-4-5-15(23-17)10-18-16(22)20(2)3/h9,15H,4-8,10-12H2,1-3H3,(H,18,22)/t15-,17-/m1/s1. The van der Waals surface area contributed by atoms with Crippen LogP contribution >= 0.6 is 0 Å². The Morgan fingerprint density at radius 2 is 2.33 bits per heavy atom. The number of nitrogens with zero attached hydrogens (tertiary/aromatic N) is 3. The lowest BCUT2D eigenvalue weighted by Crippen LogP contribution is -2.48. The van der Waals surface area contributed by atoms with Crippen molar-refractivity contribution < 1.29 is 14.1 Å². The average Bonchev–Trinajstić information content (AvgIpc) is 3.12. The first-order valence-electron chi connectivity index (χ1n) is 8.73. The van der Waals surface area contributed by atoms with Crippen molar-refractivity contribution in [1.29, 1.82) is 0 Å². The first kappa shape index (κ1) is 17.2. The lowest BCUT2D eigenvalue weighted by atomic mass is 9.90. The maximum absolute atomic E-state index is 11.7. The van der Waals surface area contributed by atoms with E-state index in [1.807, 2.05) is 13.0 Å². The van der Waals surface area contributed by atoms with E-state index in [1.165, 1.54) is 0 Å². The third-order valence-corrected chi connectivity index (χ3v) is 4.92. The van der Waals surface area contributed by atoms with Gasteiger partial charge in [-0.1, -0.05) is 5.16 Å². The number of urea groups is 1. The second-order valence-corrected chi connectivity index (χ2v) is 7.29. The highest BCUT2D eigenvalue weighted by Gasteiger charge is 2.43. The van der Waals surface area contributed by atoms with Gasteiger partial charge in [0.25, 0.3) is 0 Å². The Labute approximate surface area is 143 Å². The molecular formula is C17H28N4O3. The summed E-state index contributed by atoms with van der Waals surface area (Å²) in [5.74, 6) is 0.851. The molecule has 0 unspecified atom stereocenters. The Hall–Kier alpha value is -1.60. The third-order valence-electron chi connectivity index (χ3n) is 4.92. The molecule has 0 aliphatic carbocycles. The van der Waals surface area contributed by atoms with Gasteiger partial charge in [0, 0.05) is 46.3 Å². The zero-order chi connectivity index (χ0) is 17.2. The van der Waals surface area contributed by atoms with Crippen LogP contribution in [0.1, 0.15) is 37.1 Å². The van der Waals surface area contributed by atoms with Crippen LogP contribution in [0.4, 0.5) is 4.79 Å². The minimum Gasteiger partial charge on any atom is -0.369 e. The van der Waals surface area contributed by atoms with Crippen LogP contribution in [0, 0.1) is 6.92 Å². The highest BCUT2D eigenvalue weighted by atomic mass is 16.5. The molecule has 7 nitrogen and oxygen atoms in total. The minimum atomic E-state index is -0.0649. The van der Waals surface area contributed by atoms with Crippen molar-refractivity contribution in [2.75, 3.05) is 33.7 Å². The Bertz CT molecular complexity index is 574. The number of ether oxygens (including phenoxy) is 1. The maximum Gasteiger partial charge on any atom is 0.316 e. The van der Waals surface area contributed by atoms with Gasteiger partial charge in [0.15, 0.2) is 0 Å². The van der Waals surface area contributed by atoms with Gasteiger partial charge < -0.3 is 19.5 Å². The van der Waals surface area contributed by atoms with Gasteiger partial charge in [0.1, 0.15) is 5.76 Å². The molecule has 3 heterocycles. The number of amides is 2. The van der Waals surface area contributed by atoms with Crippen molar-refractivity contribution in [3.8, 4) is 0 Å². The van der Waals surface area contributed by atoms with E-state index in [1.54, 1.807) is 19.0 Å². The minimum absolute atomic E-state index is 0.0623. The molecule has 2 aliphatic heterocycles. The van der Waals surface area contributed by atoms with Crippen LogP contribution in [0.2, 0.25) is 0 Å². The van der Waals surface area contributed by atoms with E-state index >= 15 is 0 Å². The van der Waals surface area contributed by atoms with E-state index < -0.39 is 0 Å². The number of likely N-dealkylation sites (tertiary alicyclic amines) is 1. The predicted molar refractivity (Wildman–Crippen MR) is 89.7 cm³/mol. The van der Waals surface area contributed by atoms with Crippen molar-refractivity contribution in [3.05, 3.63) is 17.5 Å². The van der Waals surface area contributed by atoms with E-state index in [0.717, 1.165) is 56.8 Å². The van der Waals surface area contributed by atoms with Crippen molar-refractivity contribution in [2.45, 2.75) is 50.9 Å². The molecule has 2 aliphatic rings. The van der Waals surface area contributed by atoms with Crippen LogP contribution in [-0.4, -0.2) is 66.4 Å². The topological polar surface area (TPSA) is 70.8 Å². The summed E-state index contributed by atoms with van der Waals surface area (Å²) in [5.41, 5.74) is 0.917. The lowest BCUT2D eigenvalue weighted by Gasteiger charge is -2.39. The van der Waals surface area contributed by atoms with Crippen LogP contribution in [-0.2, 0) is 11.3 Å². The van der Waals surface area contributed by atoms with Gasteiger partial charge in [0.2, 0.25) is 0 Å². The monoisotopic (exact) mass is 336 g/mol. The molecule has 0 radical (unpaired) electrons. The van der Waals surface area contributed by atoms with E-state index in [-0.39, 0.29) is 17.7 Å². The van der Waals surface area contributed by atoms with Crippen molar-refractivity contribution >= 4 is 6.03 Å². The zero-order valence-corrected chi connectivity index (χ0v) is 14.9. The van der Waals surface area contributed by atoms with E-state index in [4.69, 9.17) is 9.26 Å². The molecule has 0 aromatic carbocycles. The Kier molecular flexibility index (Phi) is 5.10. The molecule has 134 valence electrons. The molecule has 0 saturated carbocycles. The lowest BCUT2D eigenvalue weighted by molar-refractivity contribution is -0.118. The molecular weight excluding hydrogens is 308 g/mol. The van der Waals surface area contributed by atoms with Gasteiger partial charge in [-0.05, 0) is 32.6 Å². The van der Waals surface area contributed by atoms with Crippen LogP contribution in [0.3, 0.4) is 0 Å². The first-order chi connectivity index (χ1) is 11.5. The molecule has 1 N–H and O–H groups in total. The molecule has 24 heavy (non-hydrogen) atoms. The third kappa shape index (κ3) is 4.08. The normalized spacial score (nSPS) is 27.5. The Morgan fingerprint density at radius 1 is 1.50 bits per heavy atom. The zero-order valence-electron chi connectivity index (χ0n) is 14.9. The second kappa shape index (κ2) is 7.11. The highest BCUT2D eigenvalue weighted by Crippen LogP contribution is 2.37. The maximum atomic E-state index is 11.7. The molecule has 1 aromatic rings. The highest BCUT2D eigenvalue weighted by molar-refractivity contribution is 5.73. The van der Waals surface area contributed by atoms with E-state index in [0.29, 0.717) is 6.54 Å². The fraction of sp³-hybridized carbons (Fsp3) is 0.765. The van der Waals surface area contributed by atoms with Gasteiger partial charge in [-0.2, -0.15) is 0 Å². The first-order valence-corrected chi connectivity index (χ1v) is 8.73. The number of carbonyl (C=O) groups excluding carboxylic acids is 1.